The molecule has 0 aromatic heterocycles. The number of aliphatic hydroxyl groups is 1. The Morgan fingerprint density at radius 1 is 1.18 bits per heavy atom. The van der Waals surface area contributed by atoms with E-state index in [2.05, 4.69) is 13.8 Å². The van der Waals surface area contributed by atoms with Gasteiger partial charge in [-0.15, -0.1) is 0 Å². The molecule has 2 aromatic carbocycles. The van der Waals surface area contributed by atoms with Crippen molar-refractivity contribution in [1.82, 2.24) is 4.90 Å². The Kier molecular flexibility index (Phi) is 6.84. The van der Waals surface area contributed by atoms with E-state index in [1.165, 1.54) is 0 Å². The van der Waals surface area contributed by atoms with Gasteiger partial charge in [-0.1, -0.05) is 55.8 Å². The molecular weight excluding hydrogens is 418 g/mol. The summed E-state index contributed by atoms with van der Waals surface area (Å²) >= 11 is 0. The molecule has 6 nitrogen and oxygen atoms in total. The van der Waals surface area contributed by atoms with Gasteiger partial charge in [-0.05, 0) is 43.4 Å². The number of rotatable bonds is 7. The summed E-state index contributed by atoms with van der Waals surface area (Å²) in [6.45, 7) is 7.59. The number of carbonyl (C=O) groups is 2. The predicted octanol–water partition coefficient (Wildman–Crippen LogP) is 4.63. The number of aliphatic hydroxyl groups excluding tert-OH is 1. The summed E-state index contributed by atoms with van der Waals surface area (Å²) in [5.74, 6) is -0.513. The van der Waals surface area contributed by atoms with Gasteiger partial charge in [0.05, 0.1) is 24.3 Å². The quantitative estimate of drug-likeness (QED) is 0.379. The van der Waals surface area contributed by atoms with Crippen LogP contribution >= 0.6 is 0 Å². The molecule has 2 aromatic rings. The van der Waals surface area contributed by atoms with Gasteiger partial charge < -0.3 is 19.5 Å². The summed E-state index contributed by atoms with van der Waals surface area (Å²) in [6, 6.07) is 14.0. The normalized spacial score (nSPS) is 22.4. The molecule has 0 saturated carbocycles. The zero-order chi connectivity index (χ0) is 23.5. The highest BCUT2D eigenvalue weighted by atomic mass is 16.5. The van der Waals surface area contributed by atoms with E-state index in [1.807, 2.05) is 37.3 Å². The molecule has 2 atom stereocenters. The summed E-state index contributed by atoms with van der Waals surface area (Å²) in [5.41, 5.74) is 2.36. The van der Waals surface area contributed by atoms with E-state index in [4.69, 9.17) is 9.47 Å². The van der Waals surface area contributed by atoms with Gasteiger partial charge in [-0.2, -0.15) is 0 Å². The van der Waals surface area contributed by atoms with Crippen LogP contribution < -0.4 is 4.74 Å². The Bertz CT molecular complexity index is 1070. The maximum Gasteiger partial charge on any atom is 0.295 e. The summed E-state index contributed by atoms with van der Waals surface area (Å²) in [7, 11) is 0. The van der Waals surface area contributed by atoms with E-state index in [0.29, 0.717) is 37.0 Å². The van der Waals surface area contributed by atoms with E-state index in [-0.39, 0.29) is 17.4 Å². The largest absolute Gasteiger partial charge is 0.507 e. The first kappa shape index (κ1) is 23.1. The van der Waals surface area contributed by atoms with E-state index in [0.717, 1.165) is 24.0 Å². The zero-order valence-electron chi connectivity index (χ0n) is 19.4. The van der Waals surface area contributed by atoms with Crippen molar-refractivity contribution in [2.75, 3.05) is 19.8 Å². The molecule has 1 N–H and O–H groups in total. The first-order valence-corrected chi connectivity index (χ1v) is 11.5. The molecule has 4 rings (SSSR count). The topological polar surface area (TPSA) is 76.1 Å². The average molecular weight is 450 g/mol. The van der Waals surface area contributed by atoms with Gasteiger partial charge in [0, 0.05) is 18.7 Å². The monoisotopic (exact) mass is 449 g/mol. The van der Waals surface area contributed by atoms with Crippen molar-refractivity contribution in [2.24, 2.45) is 5.92 Å². The minimum absolute atomic E-state index is 0.101. The van der Waals surface area contributed by atoms with Gasteiger partial charge in [0.2, 0.25) is 0 Å². The van der Waals surface area contributed by atoms with Crippen LogP contribution in [-0.4, -0.2) is 47.6 Å². The molecular formula is C27H31NO5. The molecule has 1 amide bonds. The Balaban J connectivity index is 1.77. The van der Waals surface area contributed by atoms with Crippen LogP contribution in [-0.2, 0) is 14.3 Å². The fraction of sp³-hybridized carbons (Fsp3) is 0.407. The van der Waals surface area contributed by atoms with Gasteiger partial charge in [0.25, 0.3) is 11.7 Å². The number of ketones is 1. The van der Waals surface area contributed by atoms with Crippen molar-refractivity contribution in [3.05, 3.63) is 70.8 Å². The molecule has 33 heavy (non-hydrogen) atoms. The standard InChI is InChI=1S/C27H31NO5/c1-17(2)16-33-21-10-5-9-20(14-21)25(29)23-24(19-8-4-7-18(3)13-19)28(27(31)26(23)30)15-22-11-6-12-32-22/h4-5,7-10,13-14,17,22,24,29H,6,11-12,15-16H2,1-3H3/b25-23-. The van der Waals surface area contributed by atoms with E-state index in [9.17, 15) is 14.7 Å². The maximum atomic E-state index is 13.2. The Hall–Kier alpha value is -3.12. The van der Waals surface area contributed by atoms with E-state index >= 15 is 0 Å². The summed E-state index contributed by atoms with van der Waals surface area (Å²) in [6.07, 6.45) is 1.68. The Labute approximate surface area is 194 Å². The first-order valence-electron chi connectivity index (χ1n) is 11.5. The summed E-state index contributed by atoms with van der Waals surface area (Å²) in [5, 5.41) is 11.3. The van der Waals surface area contributed by atoms with Crippen LogP contribution in [0.25, 0.3) is 5.76 Å². The van der Waals surface area contributed by atoms with Gasteiger partial charge in [0.15, 0.2) is 0 Å². The molecule has 2 fully saturated rings. The fourth-order valence-corrected chi connectivity index (χ4v) is 4.41. The zero-order valence-corrected chi connectivity index (χ0v) is 19.4. The second-order valence-corrected chi connectivity index (χ2v) is 9.23. The van der Waals surface area contributed by atoms with Crippen LogP contribution in [0, 0.1) is 12.8 Å². The van der Waals surface area contributed by atoms with Crippen LogP contribution in [0.1, 0.15) is 49.4 Å². The molecule has 0 radical (unpaired) electrons. The molecule has 0 spiro atoms. The number of Topliss-reactive ketones (excluding diaryl/α,β-unsaturated/α-hetero) is 1. The molecule has 2 aliphatic heterocycles. The summed E-state index contributed by atoms with van der Waals surface area (Å²) in [4.78, 5) is 27.8. The third kappa shape index (κ3) is 4.96. The third-order valence-electron chi connectivity index (χ3n) is 6.01. The van der Waals surface area contributed by atoms with Crippen molar-refractivity contribution in [2.45, 2.75) is 45.8 Å². The van der Waals surface area contributed by atoms with Crippen LogP contribution in [0.5, 0.6) is 5.75 Å². The second kappa shape index (κ2) is 9.79. The molecule has 0 aliphatic carbocycles. The Morgan fingerprint density at radius 3 is 2.67 bits per heavy atom. The predicted molar refractivity (Wildman–Crippen MR) is 126 cm³/mol. The number of carbonyl (C=O) groups excluding carboxylic acids is 2. The lowest BCUT2D eigenvalue weighted by molar-refractivity contribution is -0.140. The minimum atomic E-state index is -0.675. The summed E-state index contributed by atoms with van der Waals surface area (Å²) < 4.78 is 11.5. The number of nitrogens with zero attached hydrogens (tertiary/aromatic N) is 1. The molecule has 2 heterocycles. The molecule has 2 saturated heterocycles. The lowest BCUT2D eigenvalue weighted by atomic mass is 9.94. The molecule has 6 heteroatoms. The Morgan fingerprint density at radius 2 is 1.97 bits per heavy atom. The van der Waals surface area contributed by atoms with Gasteiger partial charge in [-0.3, -0.25) is 9.59 Å². The van der Waals surface area contributed by atoms with Crippen molar-refractivity contribution in [1.29, 1.82) is 0 Å². The second-order valence-electron chi connectivity index (χ2n) is 9.23. The minimum Gasteiger partial charge on any atom is -0.507 e. The highest BCUT2D eigenvalue weighted by molar-refractivity contribution is 6.46. The van der Waals surface area contributed by atoms with Crippen LogP contribution in [0.4, 0.5) is 0 Å². The molecule has 2 aliphatic rings. The number of hydrogen-bond acceptors (Lipinski definition) is 5. The van der Waals surface area contributed by atoms with Gasteiger partial charge in [0.1, 0.15) is 11.5 Å². The molecule has 174 valence electrons. The number of likely N-dealkylation sites (tertiary alicyclic amines) is 1. The van der Waals surface area contributed by atoms with Crippen molar-refractivity contribution in [3.8, 4) is 5.75 Å². The lowest BCUT2D eigenvalue weighted by Gasteiger charge is -2.27. The first-order chi connectivity index (χ1) is 15.8. The number of aryl methyl sites for hydroxylation is 1. The number of hydrogen-bond donors (Lipinski definition) is 1. The lowest BCUT2D eigenvalue weighted by Crippen LogP contribution is -2.36. The highest BCUT2D eigenvalue weighted by Gasteiger charge is 2.47. The van der Waals surface area contributed by atoms with E-state index in [1.54, 1.807) is 23.1 Å². The van der Waals surface area contributed by atoms with Crippen LogP contribution in [0.2, 0.25) is 0 Å². The number of benzene rings is 2. The van der Waals surface area contributed by atoms with Crippen LogP contribution in [0.15, 0.2) is 54.1 Å². The van der Waals surface area contributed by atoms with Gasteiger partial charge >= 0.3 is 0 Å². The van der Waals surface area contributed by atoms with Crippen molar-refractivity contribution < 1.29 is 24.2 Å². The third-order valence-corrected chi connectivity index (χ3v) is 6.01. The van der Waals surface area contributed by atoms with Crippen molar-refractivity contribution in [3.63, 3.8) is 0 Å². The SMILES string of the molecule is Cc1cccc(C2/C(=C(/O)c3cccc(OCC(C)C)c3)C(=O)C(=O)N2CC2CCCO2)c1. The number of amides is 1. The van der Waals surface area contributed by atoms with Gasteiger partial charge in [-0.25, -0.2) is 0 Å². The smallest absolute Gasteiger partial charge is 0.295 e. The van der Waals surface area contributed by atoms with Crippen molar-refractivity contribution >= 4 is 17.4 Å². The van der Waals surface area contributed by atoms with Crippen LogP contribution in [0.3, 0.4) is 0 Å². The van der Waals surface area contributed by atoms with E-state index < -0.39 is 17.7 Å². The molecule has 2 unspecified atom stereocenters. The fourth-order valence-electron chi connectivity index (χ4n) is 4.41. The highest BCUT2D eigenvalue weighted by Crippen LogP contribution is 2.40. The average Bonchev–Trinajstić information content (AvgIpc) is 3.40. The maximum absolute atomic E-state index is 13.2. The molecule has 0 bridgehead atoms. The number of ether oxygens (including phenoxy) is 2.